The highest BCUT2D eigenvalue weighted by Gasteiger charge is 2.43. The molecular formula is C26H27ClN6O4. The molecule has 1 amide bonds. The largest absolute Gasteiger partial charge is 0.527 e. The Hall–Kier alpha value is -3.89. The number of rotatable bonds is 7. The first kappa shape index (κ1) is 24.8. The van der Waals surface area contributed by atoms with Crippen LogP contribution in [0.15, 0.2) is 48.7 Å². The van der Waals surface area contributed by atoms with Gasteiger partial charge < -0.3 is 25.5 Å². The molecule has 0 radical (unpaired) electrons. The van der Waals surface area contributed by atoms with Gasteiger partial charge in [0.25, 0.3) is 5.91 Å². The van der Waals surface area contributed by atoms with Gasteiger partial charge in [-0.15, -0.1) is 5.06 Å². The van der Waals surface area contributed by atoms with Crippen LogP contribution in [0.4, 0.5) is 27.9 Å². The molecule has 11 heteroatoms. The number of benzene rings is 2. The minimum Gasteiger partial charge on any atom is -0.433 e. The van der Waals surface area contributed by atoms with E-state index in [1.807, 2.05) is 18.2 Å². The number of nitrogens with zero attached hydrogens (tertiary/aromatic N) is 3. The van der Waals surface area contributed by atoms with Crippen LogP contribution in [0, 0.1) is 0 Å². The van der Waals surface area contributed by atoms with Gasteiger partial charge in [0, 0.05) is 12.7 Å². The normalized spacial score (nSPS) is 18.0. The van der Waals surface area contributed by atoms with Crippen molar-refractivity contribution in [3.8, 4) is 0 Å². The standard InChI is InChI=1S/C26H27ClN6O4/c1-3-36-26(35)37-33-17-10-11-22(33)19-13-16(9-8-15(19)12-17)30-25-29-14-20(27)23(32-25)31-21-7-5-4-6-18(21)24(34)28-2/h4-9,13-14,17,22H,3,10-12H2,1-2H3,(H,28,34)(H2,29,30,31,32). The van der Waals surface area contributed by atoms with Gasteiger partial charge in [-0.25, -0.2) is 9.78 Å². The van der Waals surface area contributed by atoms with Gasteiger partial charge in [-0.05, 0) is 61.6 Å². The fraction of sp³-hybridized carbons (Fsp3) is 0.308. The second-order valence-electron chi connectivity index (χ2n) is 8.76. The van der Waals surface area contributed by atoms with Crippen LogP contribution >= 0.6 is 11.6 Å². The van der Waals surface area contributed by atoms with Crippen molar-refractivity contribution >= 4 is 46.8 Å². The molecule has 37 heavy (non-hydrogen) atoms. The summed E-state index contributed by atoms with van der Waals surface area (Å²) in [5, 5.41) is 11.1. The number of fused-ring (bicyclic) bond motifs is 4. The number of nitrogens with one attached hydrogen (secondary N) is 3. The number of carbonyl (C=O) groups is 2. The molecule has 2 aliphatic heterocycles. The average Bonchev–Trinajstić information content (AvgIpc) is 3.17. The lowest BCUT2D eigenvalue weighted by atomic mass is 9.94. The Labute approximate surface area is 219 Å². The van der Waals surface area contributed by atoms with Gasteiger partial charge in [-0.2, -0.15) is 4.98 Å². The zero-order valence-electron chi connectivity index (χ0n) is 20.5. The van der Waals surface area contributed by atoms with Gasteiger partial charge in [0.05, 0.1) is 36.1 Å². The fourth-order valence-electron chi connectivity index (χ4n) is 4.83. The van der Waals surface area contributed by atoms with Crippen LogP contribution in [0.3, 0.4) is 0 Å². The first-order valence-corrected chi connectivity index (χ1v) is 12.5. The predicted molar refractivity (Wildman–Crippen MR) is 139 cm³/mol. The molecule has 2 atom stereocenters. The van der Waals surface area contributed by atoms with Crippen molar-refractivity contribution in [3.63, 3.8) is 0 Å². The fourth-order valence-corrected chi connectivity index (χ4v) is 4.97. The number of aromatic nitrogens is 2. The summed E-state index contributed by atoms with van der Waals surface area (Å²) in [5.74, 6) is 0.473. The third kappa shape index (κ3) is 5.16. The van der Waals surface area contributed by atoms with Crippen molar-refractivity contribution in [2.75, 3.05) is 24.3 Å². The quantitative estimate of drug-likeness (QED) is 0.363. The topological polar surface area (TPSA) is 118 Å². The van der Waals surface area contributed by atoms with Gasteiger partial charge >= 0.3 is 6.16 Å². The third-order valence-electron chi connectivity index (χ3n) is 6.50. The Kier molecular flexibility index (Phi) is 7.11. The number of para-hydroxylation sites is 1. The monoisotopic (exact) mass is 522 g/mol. The van der Waals surface area contributed by atoms with Crippen molar-refractivity contribution in [2.45, 2.75) is 38.3 Å². The summed E-state index contributed by atoms with van der Waals surface area (Å²) in [7, 11) is 1.57. The van der Waals surface area contributed by atoms with Crippen molar-refractivity contribution < 1.29 is 19.2 Å². The Morgan fingerprint density at radius 2 is 2.00 bits per heavy atom. The van der Waals surface area contributed by atoms with E-state index in [1.165, 1.54) is 11.8 Å². The van der Waals surface area contributed by atoms with Crippen molar-refractivity contribution in [1.29, 1.82) is 0 Å². The molecule has 3 aromatic rings. The molecule has 2 unspecified atom stereocenters. The van der Waals surface area contributed by atoms with E-state index in [0.717, 1.165) is 30.5 Å². The summed E-state index contributed by atoms with van der Waals surface area (Å²) in [5.41, 5.74) is 4.15. The number of ether oxygens (including phenoxy) is 1. The summed E-state index contributed by atoms with van der Waals surface area (Å²) in [4.78, 5) is 38.6. The van der Waals surface area contributed by atoms with E-state index < -0.39 is 6.16 Å². The number of anilines is 4. The Morgan fingerprint density at radius 3 is 2.81 bits per heavy atom. The van der Waals surface area contributed by atoms with Crippen LogP contribution in [-0.2, 0) is 16.0 Å². The number of hydrogen-bond donors (Lipinski definition) is 3. The van der Waals surface area contributed by atoms with E-state index >= 15 is 0 Å². The van der Waals surface area contributed by atoms with E-state index in [0.29, 0.717) is 28.0 Å². The highest BCUT2D eigenvalue weighted by molar-refractivity contribution is 6.33. The lowest BCUT2D eigenvalue weighted by molar-refractivity contribution is -0.165. The molecule has 0 aliphatic carbocycles. The molecule has 192 valence electrons. The molecule has 3 heterocycles. The molecule has 0 spiro atoms. The van der Waals surface area contributed by atoms with Crippen LogP contribution < -0.4 is 16.0 Å². The molecule has 2 aromatic carbocycles. The second kappa shape index (κ2) is 10.6. The summed E-state index contributed by atoms with van der Waals surface area (Å²) in [6, 6.07) is 13.3. The van der Waals surface area contributed by atoms with Crippen LogP contribution in [0.2, 0.25) is 5.02 Å². The van der Waals surface area contributed by atoms with E-state index in [1.54, 1.807) is 37.2 Å². The molecule has 3 N–H and O–H groups in total. The SMILES string of the molecule is CCOC(=O)ON1C2CCC1c1cc(Nc3ncc(Cl)c(Nc4ccccc4C(=O)NC)n3)ccc1C2. The van der Waals surface area contributed by atoms with Crippen molar-refractivity contribution in [3.05, 3.63) is 70.4 Å². The van der Waals surface area contributed by atoms with E-state index in [9.17, 15) is 9.59 Å². The Morgan fingerprint density at radius 1 is 1.16 bits per heavy atom. The van der Waals surface area contributed by atoms with Crippen molar-refractivity contribution in [2.24, 2.45) is 0 Å². The maximum absolute atomic E-state index is 12.2. The summed E-state index contributed by atoms with van der Waals surface area (Å²) in [6.45, 7) is 2.02. The maximum Gasteiger partial charge on any atom is 0.527 e. The number of carbonyl (C=O) groups excluding carboxylic acids is 2. The number of amides is 1. The first-order valence-electron chi connectivity index (χ1n) is 12.1. The molecule has 1 aromatic heterocycles. The van der Waals surface area contributed by atoms with Crippen LogP contribution in [0.5, 0.6) is 0 Å². The van der Waals surface area contributed by atoms with Gasteiger partial charge in [-0.3, -0.25) is 4.79 Å². The molecule has 0 saturated carbocycles. The van der Waals surface area contributed by atoms with Gasteiger partial charge in [0.2, 0.25) is 5.95 Å². The predicted octanol–water partition coefficient (Wildman–Crippen LogP) is 5.13. The molecule has 1 fully saturated rings. The smallest absolute Gasteiger partial charge is 0.433 e. The van der Waals surface area contributed by atoms with Crippen LogP contribution in [0.1, 0.15) is 47.3 Å². The summed E-state index contributed by atoms with van der Waals surface area (Å²) < 4.78 is 4.98. The highest BCUT2D eigenvalue weighted by atomic mass is 35.5. The van der Waals surface area contributed by atoms with E-state index in [2.05, 4.69) is 32.0 Å². The lowest BCUT2D eigenvalue weighted by Crippen LogP contribution is -2.39. The highest BCUT2D eigenvalue weighted by Crippen LogP contribution is 2.44. The number of hydroxylamine groups is 2. The van der Waals surface area contributed by atoms with Crippen LogP contribution in [-0.4, -0.2) is 46.8 Å². The Bertz CT molecular complexity index is 1340. The average molecular weight is 523 g/mol. The van der Waals surface area contributed by atoms with Gasteiger partial charge in [0.15, 0.2) is 5.82 Å². The maximum atomic E-state index is 12.2. The molecule has 1 saturated heterocycles. The lowest BCUT2D eigenvalue weighted by Gasteiger charge is -2.34. The van der Waals surface area contributed by atoms with Gasteiger partial charge in [0.1, 0.15) is 5.02 Å². The number of halogens is 1. The van der Waals surface area contributed by atoms with E-state index in [-0.39, 0.29) is 24.6 Å². The summed E-state index contributed by atoms with van der Waals surface area (Å²) in [6.07, 6.45) is 3.44. The van der Waals surface area contributed by atoms with E-state index in [4.69, 9.17) is 21.2 Å². The van der Waals surface area contributed by atoms with Gasteiger partial charge in [-0.1, -0.05) is 29.8 Å². The molecular weight excluding hydrogens is 496 g/mol. The minimum atomic E-state index is -0.676. The molecule has 2 bridgehead atoms. The Balaban J connectivity index is 1.36. The zero-order valence-corrected chi connectivity index (χ0v) is 21.2. The zero-order chi connectivity index (χ0) is 25.9. The van der Waals surface area contributed by atoms with Crippen molar-refractivity contribution in [1.82, 2.24) is 20.3 Å². The summed E-state index contributed by atoms with van der Waals surface area (Å²) >= 11 is 6.36. The molecule has 2 aliphatic rings. The minimum absolute atomic E-state index is 0.0375. The molecule has 5 rings (SSSR count). The number of hydrogen-bond acceptors (Lipinski definition) is 9. The second-order valence-corrected chi connectivity index (χ2v) is 9.17. The first-order chi connectivity index (χ1) is 18.0. The third-order valence-corrected chi connectivity index (χ3v) is 6.77. The molecule has 10 nitrogen and oxygen atoms in total. The van der Waals surface area contributed by atoms with Crippen LogP contribution in [0.25, 0.3) is 0 Å².